The normalized spacial score (nSPS) is 30.5. The second-order valence-corrected chi connectivity index (χ2v) is 11.4. The van der Waals surface area contributed by atoms with Crippen LogP contribution in [-0.4, -0.2) is 37.7 Å². The van der Waals surface area contributed by atoms with Gasteiger partial charge in [-0.1, -0.05) is 20.8 Å². The van der Waals surface area contributed by atoms with Gasteiger partial charge in [0.05, 0.1) is 6.61 Å². The number of cyclic esters (lactones) is 1. The van der Waals surface area contributed by atoms with Gasteiger partial charge in [0.2, 0.25) is 0 Å². The van der Waals surface area contributed by atoms with Gasteiger partial charge in [0.15, 0.2) is 13.9 Å². The van der Waals surface area contributed by atoms with Gasteiger partial charge in [-0.15, -0.1) is 0 Å². The van der Waals surface area contributed by atoms with E-state index in [4.69, 9.17) is 9.16 Å². The Morgan fingerprint density at radius 2 is 2.06 bits per heavy atom. The summed E-state index contributed by atoms with van der Waals surface area (Å²) in [6, 6.07) is 0. The fourth-order valence-corrected chi connectivity index (χ4v) is 2.49. The zero-order chi connectivity index (χ0) is 13.5. The Balaban J connectivity index is 2.52. The Morgan fingerprint density at radius 1 is 1.53 bits per heavy atom. The molecule has 2 atom stereocenters. The van der Waals surface area contributed by atoms with Crippen molar-refractivity contribution in [2.24, 2.45) is 0 Å². The lowest BCUT2D eigenvalue weighted by Crippen LogP contribution is -2.42. The van der Waals surface area contributed by atoms with Crippen molar-refractivity contribution in [3.8, 4) is 0 Å². The highest BCUT2D eigenvalue weighted by atomic mass is 28.4. The minimum absolute atomic E-state index is 0.137. The van der Waals surface area contributed by atoms with Gasteiger partial charge in [-0.2, -0.15) is 0 Å². The Hall–Kier alpha value is -0.393. The molecule has 0 aromatic carbocycles. The van der Waals surface area contributed by atoms with Crippen LogP contribution in [0.2, 0.25) is 18.1 Å². The molecule has 0 unspecified atom stereocenters. The number of ether oxygens (including phenoxy) is 1. The number of aliphatic hydroxyl groups is 1. The van der Waals surface area contributed by atoms with Crippen LogP contribution < -0.4 is 0 Å². The third-order valence-electron chi connectivity index (χ3n) is 3.77. The summed E-state index contributed by atoms with van der Waals surface area (Å²) >= 11 is 0. The third-order valence-corrected chi connectivity index (χ3v) is 8.28. The second kappa shape index (κ2) is 4.37. The van der Waals surface area contributed by atoms with Crippen LogP contribution in [0.15, 0.2) is 0 Å². The van der Waals surface area contributed by atoms with E-state index >= 15 is 0 Å². The molecule has 1 saturated heterocycles. The minimum atomic E-state index is -1.81. The summed E-state index contributed by atoms with van der Waals surface area (Å²) < 4.78 is 11.1. The summed E-state index contributed by atoms with van der Waals surface area (Å²) in [6.45, 7) is 12.7. The molecule has 1 heterocycles. The average molecular weight is 260 g/mol. The van der Waals surface area contributed by atoms with Crippen LogP contribution >= 0.6 is 0 Å². The third kappa shape index (κ3) is 3.30. The van der Waals surface area contributed by atoms with Crippen LogP contribution in [0.25, 0.3) is 0 Å². The summed E-state index contributed by atoms with van der Waals surface area (Å²) in [5.74, 6) is -0.540. The topological polar surface area (TPSA) is 55.8 Å². The fourth-order valence-electron chi connectivity index (χ4n) is 1.46. The largest absolute Gasteiger partial charge is 0.458 e. The Kier molecular flexibility index (Phi) is 3.77. The van der Waals surface area contributed by atoms with Crippen LogP contribution in [0.1, 0.15) is 34.1 Å². The van der Waals surface area contributed by atoms with Crippen LogP contribution in [0.4, 0.5) is 0 Å². The maximum absolute atomic E-state index is 11.3. The highest BCUT2D eigenvalue weighted by Crippen LogP contribution is 2.37. The van der Waals surface area contributed by atoms with Gasteiger partial charge in [0, 0.05) is 6.42 Å². The fraction of sp³-hybridized carbons (Fsp3) is 0.917. The van der Waals surface area contributed by atoms with E-state index in [1.54, 1.807) is 0 Å². The maximum Gasteiger partial charge on any atom is 0.338 e. The minimum Gasteiger partial charge on any atom is -0.458 e. The molecule has 1 aliphatic rings. The number of carbonyl (C=O) groups excluding carboxylic acids is 1. The van der Waals surface area contributed by atoms with Crippen LogP contribution in [0, 0.1) is 0 Å². The maximum atomic E-state index is 11.3. The van der Waals surface area contributed by atoms with Gasteiger partial charge < -0.3 is 14.3 Å². The van der Waals surface area contributed by atoms with Crippen molar-refractivity contribution in [1.82, 2.24) is 0 Å². The van der Waals surface area contributed by atoms with Gasteiger partial charge in [-0.3, -0.25) is 0 Å². The van der Waals surface area contributed by atoms with Crippen molar-refractivity contribution >= 4 is 14.3 Å². The van der Waals surface area contributed by atoms with E-state index in [-0.39, 0.29) is 11.1 Å². The monoisotopic (exact) mass is 260 g/mol. The second-order valence-electron chi connectivity index (χ2n) is 6.58. The van der Waals surface area contributed by atoms with Gasteiger partial charge >= 0.3 is 5.97 Å². The zero-order valence-electron chi connectivity index (χ0n) is 11.7. The molecule has 4 nitrogen and oxygen atoms in total. The molecule has 1 rings (SSSR count). The molecule has 5 heteroatoms. The van der Waals surface area contributed by atoms with Gasteiger partial charge in [-0.25, -0.2) is 4.79 Å². The quantitative estimate of drug-likeness (QED) is 0.623. The SMILES string of the molecule is CC(C)(C)[Si](C)(C)OC[C@@H]1C[C@](C)(O)C(=O)O1. The number of rotatable bonds is 3. The average Bonchev–Trinajstić information content (AvgIpc) is 2.36. The molecule has 0 radical (unpaired) electrons. The van der Waals surface area contributed by atoms with E-state index in [0.29, 0.717) is 13.0 Å². The molecular weight excluding hydrogens is 236 g/mol. The van der Waals surface area contributed by atoms with E-state index in [1.165, 1.54) is 6.92 Å². The molecular formula is C12H24O4Si. The first-order chi connectivity index (χ1) is 7.46. The lowest BCUT2D eigenvalue weighted by atomic mass is 10.0. The summed E-state index contributed by atoms with van der Waals surface area (Å²) in [4.78, 5) is 11.3. The molecule has 0 amide bonds. The lowest BCUT2D eigenvalue weighted by molar-refractivity contribution is -0.154. The smallest absolute Gasteiger partial charge is 0.338 e. The Morgan fingerprint density at radius 3 is 2.41 bits per heavy atom. The van der Waals surface area contributed by atoms with Gasteiger partial charge in [0.25, 0.3) is 0 Å². The molecule has 0 spiro atoms. The highest BCUT2D eigenvalue weighted by Gasteiger charge is 2.45. The van der Waals surface area contributed by atoms with E-state index in [1.807, 2.05) is 0 Å². The van der Waals surface area contributed by atoms with Gasteiger partial charge in [-0.05, 0) is 25.1 Å². The van der Waals surface area contributed by atoms with E-state index in [0.717, 1.165) is 0 Å². The van der Waals surface area contributed by atoms with Crippen molar-refractivity contribution in [2.45, 2.75) is 64.0 Å². The van der Waals surface area contributed by atoms with E-state index in [9.17, 15) is 9.90 Å². The van der Waals surface area contributed by atoms with E-state index in [2.05, 4.69) is 33.9 Å². The van der Waals surface area contributed by atoms with Crippen molar-refractivity contribution in [1.29, 1.82) is 0 Å². The zero-order valence-corrected chi connectivity index (χ0v) is 12.7. The first kappa shape index (κ1) is 14.7. The Bertz CT molecular complexity index is 304. The molecule has 100 valence electrons. The van der Waals surface area contributed by atoms with Crippen molar-refractivity contribution in [3.63, 3.8) is 0 Å². The molecule has 1 aliphatic heterocycles. The summed E-state index contributed by atoms with van der Waals surface area (Å²) in [5, 5.41) is 9.84. The number of hydrogen-bond acceptors (Lipinski definition) is 4. The number of hydrogen-bond donors (Lipinski definition) is 1. The van der Waals surface area contributed by atoms with Crippen molar-refractivity contribution < 1.29 is 19.1 Å². The summed E-state index contributed by atoms with van der Waals surface area (Å²) in [6.07, 6.45) is 0.00659. The van der Waals surface area contributed by atoms with Crippen molar-refractivity contribution in [3.05, 3.63) is 0 Å². The Labute approximate surface area is 104 Å². The molecule has 0 aromatic heterocycles. The molecule has 0 saturated carbocycles. The highest BCUT2D eigenvalue weighted by molar-refractivity contribution is 6.74. The molecule has 17 heavy (non-hydrogen) atoms. The van der Waals surface area contributed by atoms with Crippen LogP contribution in [0.5, 0.6) is 0 Å². The molecule has 1 fully saturated rings. The summed E-state index contributed by atoms with van der Waals surface area (Å²) in [5.41, 5.74) is -1.35. The molecule has 1 N–H and O–H groups in total. The van der Waals surface area contributed by atoms with E-state index < -0.39 is 19.9 Å². The molecule has 0 aliphatic carbocycles. The predicted octanol–water partition coefficient (Wildman–Crippen LogP) is 2.07. The predicted molar refractivity (Wildman–Crippen MR) is 68.3 cm³/mol. The number of esters is 1. The lowest BCUT2D eigenvalue weighted by Gasteiger charge is -2.36. The van der Waals surface area contributed by atoms with Crippen LogP contribution in [-0.2, 0) is 14.0 Å². The molecule has 0 bridgehead atoms. The standard InChI is InChI=1S/C12H24O4Si/c1-11(2,3)17(5,6)15-8-9-7-12(4,14)10(13)16-9/h9,14H,7-8H2,1-6H3/t9-,12-/m0/s1. The van der Waals surface area contributed by atoms with Crippen LogP contribution in [0.3, 0.4) is 0 Å². The summed E-state index contributed by atoms with van der Waals surface area (Å²) in [7, 11) is -1.81. The van der Waals surface area contributed by atoms with Crippen molar-refractivity contribution in [2.75, 3.05) is 6.61 Å². The number of carbonyl (C=O) groups is 1. The molecule has 0 aromatic rings. The first-order valence-corrected chi connectivity index (χ1v) is 8.94. The van der Waals surface area contributed by atoms with Gasteiger partial charge in [0.1, 0.15) is 6.10 Å². The first-order valence-electron chi connectivity index (χ1n) is 6.03.